The van der Waals surface area contributed by atoms with E-state index in [0.717, 1.165) is 16.5 Å². The van der Waals surface area contributed by atoms with Crippen molar-refractivity contribution < 1.29 is 0 Å². The van der Waals surface area contributed by atoms with Crippen LogP contribution in [0.25, 0.3) is 0 Å². The Labute approximate surface area is 85.2 Å². The zero-order valence-corrected chi connectivity index (χ0v) is 8.35. The Morgan fingerprint density at radius 3 is 2.62 bits per heavy atom. The zero-order valence-electron chi connectivity index (χ0n) is 6.77. The van der Waals surface area contributed by atoms with Gasteiger partial charge < -0.3 is 0 Å². The first-order valence-corrected chi connectivity index (χ1v) is 5.10. The van der Waals surface area contributed by atoms with Crippen LogP contribution in [-0.4, -0.2) is 10.2 Å². The third-order valence-electron chi connectivity index (χ3n) is 1.67. The quantitative estimate of drug-likeness (QED) is 0.762. The molecule has 0 saturated heterocycles. The van der Waals surface area contributed by atoms with Gasteiger partial charge in [0.05, 0.1) is 0 Å². The predicted octanol–water partition coefficient (Wildman–Crippen LogP) is 2.78. The van der Waals surface area contributed by atoms with Crippen LogP contribution in [0.4, 0.5) is 0 Å². The molecular formula is C9H7ClN2S. The van der Waals surface area contributed by atoms with Crippen LogP contribution in [0.5, 0.6) is 0 Å². The van der Waals surface area contributed by atoms with Gasteiger partial charge >= 0.3 is 0 Å². The Morgan fingerprint density at radius 2 is 2.00 bits per heavy atom. The molecule has 0 saturated carbocycles. The van der Waals surface area contributed by atoms with Gasteiger partial charge in [-0.3, -0.25) is 0 Å². The summed E-state index contributed by atoms with van der Waals surface area (Å²) in [4.78, 5) is 0. The maximum absolute atomic E-state index is 5.77. The normalized spacial score (nSPS) is 10.2. The molecule has 0 atom stereocenters. The molecule has 0 aliphatic carbocycles. The Morgan fingerprint density at radius 1 is 1.23 bits per heavy atom. The van der Waals surface area contributed by atoms with Gasteiger partial charge in [0.15, 0.2) is 0 Å². The second kappa shape index (κ2) is 3.85. The molecule has 1 aromatic heterocycles. The molecule has 0 aliphatic rings. The van der Waals surface area contributed by atoms with Gasteiger partial charge in [-0.1, -0.05) is 23.7 Å². The van der Waals surface area contributed by atoms with Gasteiger partial charge in [-0.2, -0.15) is 0 Å². The average Bonchev–Trinajstić information content (AvgIpc) is 2.62. The van der Waals surface area contributed by atoms with Gasteiger partial charge in [0.25, 0.3) is 0 Å². The number of hydrogen-bond acceptors (Lipinski definition) is 3. The largest absolute Gasteiger partial charge is 0.147 e. The molecule has 13 heavy (non-hydrogen) atoms. The fourth-order valence-corrected chi connectivity index (χ4v) is 1.74. The summed E-state index contributed by atoms with van der Waals surface area (Å²) in [5.74, 6) is 0. The van der Waals surface area contributed by atoms with Crippen molar-refractivity contribution in [3.8, 4) is 0 Å². The number of aromatic nitrogens is 2. The van der Waals surface area contributed by atoms with Crippen LogP contribution < -0.4 is 0 Å². The van der Waals surface area contributed by atoms with Crippen molar-refractivity contribution in [1.29, 1.82) is 0 Å². The molecular weight excluding hydrogens is 204 g/mol. The standard InChI is InChI=1S/C9H7ClN2S/c10-8-3-1-7(2-4-8)5-9-12-11-6-13-9/h1-4,6H,5H2. The van der Waals surface area contributed by atoms with Gasteiger partial charge in [-0.15, -0.1) is 21.5 Å². The van der Waals surface area contributed by atoms with Crippen molar-refractivity contribution in [2.24, 2.45) is 0 Å². The van der Waals surface area contributed by atoms with Gasteiger partial charge in [-0.05, 0) is 17.7 Å². The second-order valence-electron chi connectivity index (χ2n) is 2.64. The van der Waals surface area contributed by atoms with E-state index in [9.17, 15) is 0 Å². The highest BCUT2D eigenvalue weighted by atomic mass is 35.5. The minimum atomic E-state index is 0.765. The summed E-state index contributed by atoms with van der Waals surface area (Å²) in [7, 11) is 0. The number of benzene rings is 1. The fourth-order valence-electron chi connectivity index (χ4n) is 1.05. The molecule has 0 radical (unpaired) electrons. The van der Waals surface area contributed by atoms with E-state index in [-0.39, 0.29) is 0 Å². The van der Waals surface area contributed by atoms with Gasteiger partial charge in [0.1, 0.15) is 10.5 Å². The smallest absolute Gasteiger partial charge is 0.121 e. The van der Waals surface area contributed by atoms with Crippen molar-refractivity contribution in [3.05, 3.63) is 45.4 Å². The lowest BCUT2D eigenvalue weighted by Crippen LogP contribution is -1.86. The van der Waals surface area contributed by atoms with E-state index in [2.05, 4.69) is 10.2 Å². The Hall–Kier alpha value is -0.930. The average molecular weight is 211 g/mol. The molecule has 0 unspecified atom stereocenters. The number of hydrogen-bond donors (Lipinski definition) is 0. The summed E-state index contributed by atoms with van der Waals surface area (Å²) in [6.45, 7) is 0. The summed E-state index contributed by atoms with van der Waals surface area (Å²) in [6.07, 6.45) is 0.835. The second-order valence-corrected chi connectivity index (χ2v) is 3.99. The zero-order chi connectivity index (χ0) is 9.10. The SMILES string of the molecule is Clc1ccc(Cc2nncs2)cc1. The molecule has 2 rings (SSSR count). The summed E-state index contributed by atoms with van der Waals surface area (Å²) < 4.78 is 0. The first kappa shape index (κ1) is 8.66. The summed E-state index contributed by atoms with van der Waals surface area (Å²) in [6, 6.07) is 7.78. The van der Waals surface area contributed by atoms with E-state index in [1.165, 1.54) is 5.56 Å². The topological polar surface area (TPSA) is 25.8 Å². The molecule has 0 bridgehead atoms. The number of rotatable bonds is 2. The Bertz CT molecular complexity index is 369. The highest BCUT2D eigenvalue weighted by Crippen LogP contribution is 2.13. The molecule has 0 aliphatic heterocycles. The van der Waals surface area contributed by atoms with Crippen LogP contribution in [0.3, 0.4) is 0 Å². The molecule has 0 amide bonds. The van der Waals surface area contributed by atoms with Crippen LogP contribution in [0.15, 0.2) is 29.8 Å². The molecule has 0 fully saturated rings. The van der Waals surface area contributed by atoms with Crippen LogP contribution >= 0.6 is 22.9 Å². The molecule has 1 heterocycles. The minimum Gasteiger partial charge on any atom is -0.147 e. The number of nitrogens with zero attached hydrogens (tertiary/aromatic N) is 2. The lowest BCUT2D eigenvalue weighted by Gasteiger charge is -1.96. The molecule has 4 heteroatoms. The first-order valence-electron chi connectivity index (χ1n) is 3.84. The minimum absolute atomic E-state index is 0.765. The van der Waals surface area contributed by atoms with Crippen LogP contribution in [0.2, 0.25) is 5.02 Å². The van der Waals surface area contributed by atoms with E-state index in [1.807, 2.05) is 24.3 Å². The lowest BCUT2D eigenvalue weighted by atomic mass is 10.2. The van der Waals surface area contributed by atoms with Gasteiger partial charge in [-0.25, -0.2) is 0 Å². The van der Waals surface area contributed by atoms with Crippen LogP contribution in [-0.2, 0) is 6.42 Å². The Kier molecular flexibility index (Phi) is 2.57. The molecule has 2 aromatic rings. The summed E-state index contributed by atoms with van der Waals surface area (Å²) in [5.41, 5.74) is 2.95. The molecule has 0 N–H and O–H groups in total. The lowest BCUT2D eigenvalue weighted by molar-refractivity contribution is 1.00. The first-order chi connectivity index (χ1) is 6.34. The van der Waals surface area contributed by atoms with Crippen molar-refractivity contribution >= 4 is 22.9 Å². The van der Waals surface area contributed by atoms with E-state index >= 15 is 0 Å². The van der Waals surface area contributed by atoms with Crippen molar-refractivity contribution in [2.45, 2.75) is 6.42 Å². The van der Waals surface area contributed by atoms with Crippen LogP contribution in [0, 0.1) is 0 Å². The summed E-state index contributed by atoms with van der Waals surface area (Å²) in [5, 5.41) is 9.54. The molecule has 0 spiro atoms. The third kappa shape index (κ3) is 2.26. The van der Waals surface area contributed by atoms with E-state index in [1.54, 1.807) is 16.8 Å². The van der Waals surface area contributed by atoms with Gasteiger partial charge in [0, 0.05) is 11.4 Å². The fraction of sp³-hybridized carbons (Fsp3) is 0.111. The van der Waals surface area contributed by atoms with E-state index in [4.69, 9.17) is 11.6 Å². The summed E-state index contributed by atoms with van der Waals surface area (Å²) >= 11 is 7.33. The van der Waals surface area contributed by atoms with Crippen molar-refractivity contribution in [2.75, 3.05) is 0 Å². The molecule has 2 nitrogen and oxygen atoms in total. The highest BCUT2D eigenvalue weighted by Gasteiger charge is 1.98. The third-order valence-corrected chi connectivity index (χ3v) is 2.62. The van der Waals surface area contributed by atoms with E-state index in [0.29, 0.717) is 0 Å². The molecule has 66 valence electrons. The monoisotopic (exact) mass is 210 g/mol. The number of halogens is 1. The van der Waals surface area contributed by atoms with Gasteiger partial charge in [0.2, 0.25) is 0 Å². The maximum Gasteiger partial charge on any atom is 0.121 e. The van der Waals surface area contributed by atoms with E-state index < -0.39 is 0 Å². The van der Waals surface area contributed by atoms with Crippen LogP contribution in [0.1, 0.15) is 10.6 Å². The maximum atomic E-state index is 5.77. The van der Waals surface area contributed by atoms with Crippen molar-refractivity contribution in [1.82, 2.24) is 10.2 Å². The predicted molar refractivity (Wildman–Crippen MR) is 54.2 cm³/mol. The molecule has 1 aromatic carbocycles. The van der Waals surface area contributed by atoms with Crippen molar-refractivity contribution in [3.63, 3.8) is 0 Å². The highest BCUT2D eigenvalue weighted by molar-refractivity contribution is 7.09. The Balaban J connectivity index is 2.15.